The topological polar surface area (TPSA) is 130 Å². The number of carbonyl (C=O) groups excluding carboxylic acids is 6. The predicted molar refractivity (Wildman–Crippen MR) is 285 cm³/mol. The van der Waals surface area contributed by atoms with Crippen molar-refractivity contribution >= 4 is 34.7 Å². The molecule has 11 heteroatoms. The number of ether oxygens (including phenoxy) is 3. The number of hydrogen-bond donors (Lipinski definition) is 0. The Morgan fingerprint density at radius 1 is 0.182 bits per heavy atom. The van der Waals surface area contributed by atoms with Crippen LogP contribution in [-0.4, -0.2) is 34.7 Å². The molecule has 0 heterocycles. The van der Waals surface area contributed by atoms with Crippen molar-refractivity contribution in [2.24, 2.45) is 0 Å². The fourth-order valence-electron chi connectivity index (χ4n) is 8.20. The molecule has 77 heavy (non-hydrogen) atoms. The standard InChI is InChI=1S/C66H40F2O9/c67-53-25-9-45(10-26-53)65(73)51-21-37-59(38-22-51)76-57-33-17-49(18-34-57)63(71)43-5-1-41(2-6-43)61(69)47-13-29-55(30-14-47)75-56-31-15-48(16-32-56)62(70)42-3-7-44(8-4-42)64(72)50-19-35-58(36-20-50)77-60-39-23-52(24-40-60)66(74)46-11-27-54(68)28-12-46/h1-40H. The summed E-state index contributed by atoms with van der Waals surface area (Å²) in [7, 11) is 0. The van der Waals surface area contributed by atoms with Crippen molar-refractivity contribution in [2.45, 2.75) is 0 Å². The molecule has 372 valence electrons. The predicted octanol–water partition coefficient (Wildman–Crippen LogP) is 14.7. The first kappa shape index (κ1) is 50.0. The van der Waals surface area contributed by atoms with Crippen LogP contribution in [0.1, 0.15) is 95.5 Å². The Morgan fingerprint density at radius 2 is 0.286 bits per heavy atom. The lowest BCUT2D eigenvalue weighted by molar-refractivity contribution is 0.102. The highest BCUT2D eigenvalue weighted by Crippen LogP contribution is 2.28. The Kier molecular flexibility index (Phi) is 14.5. The summed E-state index contributed by atoms with van der Waals surface area (Å²) in [5, 5.41) is 0. The van der Waals surface area contributed by atoms with Gasteiger partial charge < -0.3 is 14.2 Å². The summed E-state index contributed by atoms with van der Waals surface area (Å²) in [5.74, 6) is 0.591. The molecule has 10 aromatic rings. The van der Waals surface area contributed by atoms with E-state index in [0.29, 0.717) is 101 Å². The lowest BCUT2D eigenvalue weighted by Gasteiger charge is -2.09. The number of hydrogen-bond acceptors (Lipinski definition) is 9. The van der Waals surface area contributed by atoms with Gasteiger partial charge in [0, 0.05) is 66.8 Å². The van der Waals surface area contributed by atoms with Crippen LogP contribution in [0.4, 0.5) is 8.78 Å². The van der Waals surface area contributed by atoms with Crippen molar-refractivity contribution < 1.29 is 51.8 Å². The summed E-state index contributed by atoms with van der Waals surface area (Å²) in [6.45, 7) is 0. The zero-order valence-corrected chi connectivity index (χ0v) is 40.5. The van der Waals surface area contributed by atoms with Crippen LogP contribution < -0.4 is 14.2 Å². The molecular weight excluding hydrogens is 975 g/mol. The number of carbonyl (C=O) groups is 6. The molecule has 0 spiro atoms. The molecule has 0 atom stereocenters. The molecule has 0 saturated carbocycles. The molecule has 0 aliphatic heterocycles. The first-order valence-electron chi connectivity index (χ1n) is 24.0. The van der Waals surface area contributed by atoms with E-state index in [-0.39, 0.29) is 34.7 Å². The molecular formula is C66H40F2O9. The van der Waals surface area contributed by atoms with E-state index < -0.39 is 11.6 Å². The molecule has 0 saturated heterocycles. The maximum Gasteiger partial charge on any atom is 0.193 e. The van der Waals surface area contributed by atoms with Gasteiger partial charge in [-0.05, 0) is 194 Å². The van der Waals surface area contributed by atoms with Crippen LogP contribution in [0.15, 0.2) is 243 Å². The van der Waals surface area contributed by atoms with Crippen LogP contribution in [0, 0.1) is 11.6 Å². The highest BCUT2D eigenvalue weighted by atomic mass is 19.1. The van der Waals surface area contributed by atoms with Gasteiger partial charge >= 0.3 is 0 Å². The maximum atomic E-state index is 13.4. The molecule has 0 amide bonds. The van der Waals surface area contributed by atoms with Gasteiger partial charge in [0.25, 0.3) is 0 Å². The van der Waals surface area contributed by atoms with Crippen molar-refractivity contribution in [1.82, 2.24) is 0 Å². The molecule has 0 unspecified atom stereocenters. The largest absolute Gasteiger partial charge is 0.457 e. The van der Waals surface area contributed by atoms with Gasteiger partial charge in [-0.25, -0.2) is 8.78 Å². The van der Waals surface area contributed by atoms with Crippen LogP contribution in [-0.2, 0) is 0 Å². The van der Waals surface area contributed by atoms with Gasteiger partial charge in [-0.1, -0.05) is 48.5 Å². The molecule has 9 nitrogen and oxygen atoms in total. The monoisotopic (exact) mass is 1010 g/mol. The third-order valence-electron chi connectivity index (χ3n) is 12.4. The third-order valence-corrected chi connectivity index (χ3v) is 12.4. The van der Waals surface area contributed by atoms with E-state index in [1.54, 1.807) is 194 Å². The maximum absolute atomic E-state index is 13.4. The van der Waals surface area contributed by atoms with Crippen LogP contribution in [0.5, 0.6) is 34.5 Å². The number of halogens is 2. The van der Waals surface area contributed by atoms with Crippen LogP contribution in [0.25, 0.3) is 0 Å². The van der Waals surface area contributed by atoms with Gasteiger partial charge in [0.15, 0.2) is 34.7 Å². The van der Waals surface area contributed by atoms with E-state index in [1.165, 1.54) is 48.5 Å². The highest BCUT2D eigenvalue weighted by molar-refractivity contribution is 6.13. The second-order valence-electron chi connectivity index (χ2n) is 17.6. The first-order chi connectivity index (χ1) is 37.4. The quantitative estimate of drug-likeness (QED) is 0.0771. The van der Waals surface area contributed by atoms with E-state index in [4.69, 9.17) is 14.2 Å². The van der Waals surface area contributed by atoms with E-state index in [2.05, 4.69) is 0 Å². The summed E-state index contributed by atoms with van der Waals surface area (Å²) in [4.78, 5) is 78.9. The van der Waals surface area contributed by atoms with E-state index >= 15 is 0 Å². The Morgan fingerprint density at radius 3 is 0.416 bits per heavy atom. The average molecular weight is 1020 g/mol. The van der Waals surface area contributed by atoms with Crippen molar-refractivity contribution in [3.63, 3.8) is 0 Å². The minimum absolute atomic E-state index is 0.238. The van der Waals surface area contributed by atoms with Crippen LogP contribution in [0.3, 0.4) is 0 Å². The van der Waals surface area contributed by atoms with Gasteiger partial charge in [-0.15, -0.1) is 0 Å². The zero-order chi connectivity index (χ0) is 53.4. The van der Waals surface area contributed by atoms with E-state index in [9.17, 15) is 37.5 Å². The lowest BCUT2D eigenvalue weighted by atomic mass is 9.98. The van der Waals surface area contributed by atoms with Gasteiger partial charge in [0.1, 0.15) is 46.1 Å². The molecule has 0 aromatic heterocycles. The SMILES string of the molecule is O=C(c1ccc(F)cc1)c1ccc(Oc2ccc(C(=O)c3ccc(C(=O)c4ccc(Oc5ccc(C(=O)c6ccc(C(=O)c7ccc(Oc8ccc(C(=O)c9ccc(F)cc9)cc8)cc7)cc6)cc5)cc4)cc3)cc2)cc1. The summed E-state index contributed by atoms with van der Waals surface area (Å²) < 4.78 is 44.4. The minimum Gasteiger partial charge on any atom is -0.457 e. The second-order valence-corrected chi connectivity index (χ2v) is 17.6. The minimum atomic E-state index is -0.421. The first-order valence-corrected chi connectivity index (χ1v) is 24.0. The third kappa shape index (κ3) is 11.8. The second kappa shape index (κ2) is 22.3. The van der Waals surface area contributed by atoms with E-state index in [0.717, 1.165) is 0 Å². The lowest BCUT2D eigenvalue weighted by Crippen LogP contribution is -2.05. The normalized spacial score (nSPS) is 10.8. The molecule has 10 aromatic carbocycles. The molecule has 0 fully saturated rings. The summed E-state index contributed by atoms with van der Waals surface area (Å²) in [6, 6.07) is 63.1. The summed E-state index contributed by atoms with van der Waals surface area (Å²) in [5.41, 5.74) is 4.86. The molecule has 0 N–H and O–H groups in total. The van der Waals surface area contributed by atoms with Crippen molar-refractivity contribution in [2.75, 3.05) is 0 Å². The summed E-state index contributed by atoms with van der Waals surface area (Å²) >= 11 is 0. The number of rotatable bonds is 18. The smallest absolute Gasteiger partial charge is 0.193 e. The van der Waals surface area contributed by atoms with Crippen molar-refractivity contribution in [1.29, 1.82) is 0 Å². The Balaban J connectivity index is 0.681. The van der Waals surface area contributed by atoms with Crippen LogP contribution in [0.2, 0.25) is 0 Å². The fourth-order valence-corrected chi connectivity index (χ4v) is 8.20. The number of ketones is 6. The molecule has 0 aliphatic carbocycles. The average Bonchev–Trinajstić information content (AvgIpc) is 3.48. The molecule has 0 radical (unpaired) electrons. The van der Waals surface area contributed by atoms with Gasteiger partial charge in [-0.3, -0.25) is 28.8 Å². The van der Waals surface area contributed by atoms with Crippen molar-refractivity contribution in [3.05, 3.63) is 321 Å². The zero-order valence-electron chi connectivity index (χ0n) is 40.5. The number of benzene rings is 10. The van der Waals surface area contributed by atoms with Crippen LogP contribution >= 0.6 is 0 Å². The Hall–Kier alpha value is -10.5. The molecule has 0 aliphatic rings. The van der Waals surface area contributed by atoms with Crippen molar-refractivity contribution in [3.8, 4) is 34.5 Å². The highest BCUT2D eigenvalue weighted by Gasteiger charge is 2.17. The van der Waals surface area contributed by atoms with Gasteiger partial charge in [0.05, 0.1) is 0 Å². The van der Waals surface area contributed by atoms with Gasteiger partial charge in [0.2, 0.25) is 0 Å². The summed E-state index contributed by atoms with van der Waals surface area (Å²) in [6.07, 6.45) is 0. The fraction of sp³-hybridized carbons (Fsp3) is 0. The molecule has 10 rings (SSSR count). The van der Waals surface area contributed by atoms with Gasteiger partial charge in [-0.2, -0.15) is 0 Å². The Labute approximate surface area is 440 Å². The Bertz CT molecular complexity index is 3550. The molecule has 0 bridgehead atoms. The van der Waals surface area contributed by atoms with E-state index in [1.807, 2.05) is 0 Å².